The van der Waals surface area contributed by atoms with Gasteiger partial charge in [0, 0.05) is 6.04 Å². The van der Waals surface area contributed by atoms with Crippen molar-refractivity contribution in [2.45, 2.75) is 45.7 Å². The average molecular weight is 292 g/mol. The van der Waals surface area contributed by atoms with Crippen molar-refractivity contribution < 1.29 is 14.7 Å². The molecule has 116 valence electrons. The number of nitrogens with one attached hydrogen (secondary N) is 1. The van der Waals surface area contributed by atoms with Gasteiger partial charge in [-0.25, -0.2) is 0 Å². The van der Waals surface area contributed by atoms with E-state index in [1.54, 1.807) is 19.1 Å². The average Bonchev–Trinajstić information content (AvgIpc) is 2.37. The Labute approximate surface area is 125 Å². The van der Waals surface area contributed by atoms with Gasteiger partial charge < -0.3 is 16.2 Å². The van der Waals surface area contributed by atoms with Crippen LogP contribution >= 0.6 is 0 Å². The zero-order valence-corrected chi connectivity index (χ0v) is 13.0. The Kier molecular flexibility index (Phi) is 5.12. The van der Waals surface area contributed by atoms with Crippen LogP contribution < -0.4 is 11.1 Å². The van der Waals surface area contributed by atoms with Gasteiger partial charge in [0.1, 0.15) is 5.54 Å². The van der Waals surface area contributed by atoms with Gasteiger partial charge in [-0.2, -0.15) is 0 Å². The third-order valence-electron chi connectivity index (χ3n) is 3.57. The number of rotatable bonds is 5. The summed E-state index contributed by atoms with van der Waals surface area (Å²) in [5.74, 6) is -1.33. The molecule has 0 bridgehead atoms. The molecule has 0 aliphatic rings. The molecule has 4 N–H and O–H groups in total. The molecule has 0 radical (unpaired) electrons. The molecule has 0 spiro atoms. The Morgan fingerprint density at radius 1 is 1.19 bits per heavy atom. The van der Waals surface area contributed by atoms with E-state index in [-0.39, 0.29) is 17.7 Å². The van der Waals surface area contributed by atoms with E-state index in [9.17, 15) is 9.59 Å². The van der Waals surface area contributed by atoms with Gasteiger partial charge in [0.05, 0.1) is 6.42 Å². The molecule has 1 aromatic rings. The summed E-state index contributed by atoms with van der Waals surface area (Å²) in [6.07, 6.45) is -0.139. The number of carboxylic acids is 1. The highest BCUT2D eigenvalue weighted by atomic mass is 16.4. The van der Waals surface area contributed by atoms with Crippen LogP contribution in [0.1, 0.15) is 39.7 Å². The minimum Gasteiger partial charge on any atom is -0.481 e. The fourth-order valence-electron chi connectivity index (χ4n) is 1.97. The molecule has 0 saturated carbocycles. The minimum absolute atomic E-state index is 0.139. The monoisotopic (exact) mass is 292 g/mol. The van der Waals surface area contributed by atoms with E-state index >= 15 is 0 Å². The van der Waals surface area contributed by atoms with E-state index in [0.29, 0.717) is 5.56 Å². The molecule has 0 fully saturated rings. The van der Waals surface area contributed by atoms with Gasteiger partial charge in [-0.1, -0.05) is 51.1 Å². The quantitative estimate of drug-likeness (QED) is 0.772. The molecular weight excluding hydrogens is 268 g/mol. The zero-order chi connectivity index (χ0) is 16.3. The maximum Gasteiger partial charge on any atom is 0.305 e. The van der Waals surface area contributed by atoms with Crippen molar-refractivity contribution in [2.75, 3.05) is 0 Å². The number of carbonyl (C=O) groups is 2. The van der Waals surface area contributed by atoms with Crippen molar-refractivity contribution in [1.82, 2.24) is 5.32 Å². The van der Waals surface area contributed by atoms with Crippen molar-refractivity contribution >= 4 is 11.9 Å². The molecule has 0 saturated heterocycles. The summed E-state index contributed by atoms with van der Waals surface area (Å²) in [4.78, 5) is 23.4. The lowest BCUT2D eigenvalue weighted by Gasteiger charge is -2.34. The number of hydrogen-bond acceptors (Lipinski definition) is 3. The highest BCUT2D eigenvalue weighted by Gasteiger charge is 2.35. The van der Waals surface area contributed by atoms with Gasteiger partial charge in [0.2, 0.25) is 5.91 Å². The Morgan fingerprint density at radius 2 is 1.71 bits per heavy atom. The van der Waals surface area contributed by atoms with Crippen LogP contribution in [0.4, 0.5) is 0 Å². The smallest absolute Gasteiger partial charge is 0.305 e. The summed E-state index contributed by atoms with van der Waals surface area (Å²) in [6, 6.07) is 8.54. The zero-order valence-electron chi connectivity index (χ0n) is 13.0. The lowest BCUT2D eigenvalue weighted by atomic mass is 9.83. The number of aliphatic carboxylic acids is 1. The first-order valence-electron chi connectivity index (χ1n) is 6.92. The normalized spacial score (nSPS) is 15.9. The fourth-order valence-corrected chi connectivity index (χ4v) is 1.97. The Bertz CT molecular complexity index is 504. The molecule has 2 unspecified atom stereocenters. The van der Waals surface area contributed by atoms with Crippen LogP contribution in [-0.2, 0) is 15.1 Å². The number of hydrogen-bond donors (Lipinski definition) is 3. The molecule has 0 aromatic heterocycles. The van der Waals surface area contributed by atoms with Crippen molar-refractivity contribution in [3.63, 3.8) is 0 Å². The highest BCUT2D eigenvalue weighted by molar-refractivity contribution is 5.87. The molecule has 0 aliphatic heterocycles. The van der Waals surface area contributed by atoms with E-state index in [1.807, 2.05) is 39.0 Å². The number of amides is 1. The minimum atomic E-state index is -1.21. The molecule has 2 atom stereocenters. The van der Waals surface area contributed by atoms with Crippen LogP contribution in [0.2, 0.25) is 0 Å². The summed E-state index contributed by atoms with van der Waals surface area (Å²) >= 11 is 0. The van der Waals surface area contributed by atoms with Gasteiger partial charge in [-0.3, -0.25) is 9.59 Å². The van der Waals surface area contributed by atoms with Crippen LogP contribution in [0.5, 0.6) is 0 Å². The summed E-state index contributed by atoms with van der Waals surface area (Å²) in [6.45, 7) is 7.28. The maximum atomic E-state index is 12.5. The summed E-state index contributed by atoms with van der Waals surface area (Å²) in [5, 5.41) is 11.8. The van der Waals surface area contributed by atoms with E-state index < -0.39 is 17.6 Å². The molecule has 0 aliphatic carbocycles. The van der Waals surface area contributed by atoms with Crippen molar-refractivity contribution in [3.8, 4) is 0 Å². The third kappa shape index (κ3) is 4.56. The molecule has 1 rings (SSSR count). The molecular formula is C16H24N2O3. The van der Waals surface area contributed by atoms with Crippen LogP contribution in [0, 0.1) is 5.41 Å². The predicted octanol–water partition coefficient (Wildman–Crippen LogP) is 1.87. The van der Waals surface area contributed by atoms with E-state index in [2.05, 4.69) is 5.32 Å². The van der Waals surface area contributed by atoms with Gasteiger partial charge in [-0.15, -0.1) is 0 Å². The fraction of sp³-hybridized carbons (Fsp3) is 0.500. The van der Waals surface area contributed by atoms with Gasteiger partial charge in [0.15, 0.2) is 0 Å². The predicted molar refractivity (Wildman–Crippen MR) is 81.6 cm³/mol. The largest absolute Gasteiger partial charge is 0.481 e. The van der Waals surface area contributed by atoms with Crippen molar-refractivity contribution in [2.24, 2.45) is 11.1 Å². The standard InChI is InChI=1S/C16H24N2O3/c1-15(2,3)12(10-13(19)20)18-14(21)16(4,17)11-8-6-5-7-9-11/h5-9,12H,10,17H2,1-4H3,(H,18,21)(H,19,20). The lowest BCUT2D eigenvalue weighted by Crippen LogP contribution is -2.55. The van der Waals surface area contributed by atoms with E-state index in [1.165, 1.54) is 0 Å². The van der Waals surface area contributed by atoms with Gasteiger partial charge >= 0.3 is 5.97 Å². The molecule has 5 heteroatoms. The van der Waals surface area contributed by atoms with Crippen LogP contribution in [0.25, 0.3) is 0 Å². The number of carbonyl (C=O) groups excluding carboxylic acids is 1. The van der Waals surface area contributed by atoms with Crippen LogP contribution in [0.3, 0.4) is 0 Å². The Morgan fingerprint density at radius 3 is 2.14 bits per heavy atom. The first kappa shape index (κ1) is 17.2. The molecule has 21 heavy (non-hydrogen) atoms. The summed E-state index contributed by atoms with van der Waals surface area (Å²) in [7, 11) is 0. The number of carboxylic acid groups (broad SMARTS) is 1. The summed E-state index contributed by atoms with van der Waals surface area (Å²) in [5.41, 5.74) is 5.25. The second-order valence-corrected chi connectivity index (χ2v) is 6.56. The van der Waals surface area contributed by atoms with E-state index in [4.69, 9.17) is 10.8 Å². The number of benzene rings is 1. The first-order valence-corrected chi connectivity index (χ1v) is 6.92. The lowest BCUT2D eigenvalue weighted by molar-refractivity contribution is -0.138. The van der Waals surface area contributed by atoms with Crippen LogP contribution in [-0.4, -0.2) is 23.0 Å². The molecule has 1 aromatic carbocycles. The Hall–Kier alpha value is -1.88. The van der Waals surface area contributed by atoms with Gasteiger partial charge in [0.25, 0.3) is 0 Å². The number of nitrogens with two attached hydrogens (primary N) is 1. The maximum absolute atomic E-state index is 12.5. The third-order valence-corrected chi connectivity index (χ3v) is 3.57. The molecule has 1 amide bonds. The SMILES string of the molecule is CC(N)(C(=O)NC(CC(=O)O)C(C)(C)C)c1ccccc1. The highest BCUT2D eigenvalue weighted by Crippen LogP contribution is 2.24. The van der Waals surface area contributed by atoms with Crippen molar-refractivity contribution in [3.05, 3.63) is 35.9 Å². The van der Waals surface area contributed by atoms with Gasteiger partial charge in [-0.05, 0) is 17.9 Å². The molecule has 5 nitrogen and oxygen atoms in total. The van der Waals surface area contributed by atoms with Crippen LogP contribution in [0.15, 0.2) is 30.3 Å². The summed E-state index contributed by atoms with van der Waals surface area (Å²) < 4.78 is 0. The topological polar surface area (TPSA) is 92.4 Å². The second-order valence-electron chi connectivity index (χ2n) is 6.56. The van der Waals surface area contributed by atoms with E-state index in [0.717, 1.165) is 0 Å². The second kappa shape index (κ2) is 6.26. The van der Waals surface area contributed by atoms with Crippen molar-refractivity contribution in [1.29, 1.82) is 0 Å². The Balaban J connectivity index is 2.94. The molecule has 0 heterocycles. The first-order chi connectivity index (χ1) is 9.55.